The molecule has 1 rings (SSSR count). The molecule has 1 aliphatic rings. The zero-order valence-corrected chi connectivity index (χ0v) is 11.5. The van der Waals surface area contributed by atoms with Gasteiger partial charge in [0.15, 0.2) is 5.78 Å². The van der Waals surface area contributed by atoms with Gasteiger partial charge in [-0.05, 0) is 30.3 Å². The average molecular weight is 204 g/mol. The molecule has 0 amide bonds. The number of carbonyl (C=O) groups is 1. The first-order valence-electron chi connectivity index (χ1n) is 4.94. The minimum atomic E-state index is 0. The molecule has 0 aromatic carbocycles. The summed E-state index contributed by atoms with van der Waals surface area (Å²) in [6.07, 6.45) is 2.67. The Bertz CT molecular complexity index is 233. The maximum absolute atomic E-state index is 11.7. The van der Waals surface area contributed by atoms with Crippen LogP contribution < -0.4 is 34.7 Å². The molecule has 0 aromatic heterocycles. The summed E-state index contributed by atoms with van der Waals surface area (Å²) in [5.74, 6) is 0.690. The Kier molecular flexibility index (Phi) is 6.03. The molecular weight excluding hydrogens is 187 g/mol. The fourth-order valence-electron chi connectivity index (χ4n) is 1.98. The van der Waals surface area contributed by atoms with Crippen molar-refractivity contribution < 1.29 is 39.5 Å². The van der Waals surface area contributed by atoms with Crippen LogP contribution in [0.5, 0.6) is 0 Å². The van der Waals surface area contributed by atoms with E-state index in [1.165, 1.54) is 0 Å². The number of hydrogen-bond acceptors (Lipinski definition) is 2. The van der Waals surface area contributed by atoms with Gasteiger partial charge in [0.2, 0.25) is 0 Å². The molecule has 2 atom stereocenters. The van der Waals surface area contributed by atoms with Gasteiger partial charge in [0.25, 0.3) is 0 Å². The second-order valence-corrected chi connectivity index (χ2v) is 4.27. The van der Waals surface area contributed by atoms with Crippen LogP contribution in [0.25, 0.3) is 0 Å². The normalized spacial score (nSPS) is 30.6. The molecule has 0 aromatic rings. The van der Waals surface area contributed by atoms with Crippen molar-refractivity contribution in [1.29, 1.82) is 0 Å². The van der Waals surface area contributed by atoms with Gasteiger partial charge in [0.05, 0.1) is 0 Å². The van der Waals surface area contributed by atoms with E-state index in [4.69, 9.17) is 0 Å². The van der Waals surface area contributed by atoms with E-state index < -0.39 is 0 Å². The van der Waals surface area contributed by atoms with Crippen LogP contribution in [0.4, 0.5) is 0 Å². The first-order valence-corrected chi connectivity index (χ1v) is 4.94. The van der Waals surface area contributed by atoms with E-state index in [0.29, 0.717) is 11.5 Å². The summed E-state index contributed by atoms with van der Waals surface area (Å²) in [6, 6.07) is 0. The van der Waals surface area contributed by atoms with Crippen LogP contribution in [0.3, 0.4) is 0 Å². The van der Waals surface area contributed by atoms with Crippen LogP contribution >= 0.6 is 0 Å². The summed E-state index contributed by atoms with van der Waals surface area (Å²) in [7, 11) is 0. The minimum Gasteiger partial charge on any atom is -0.878 e. The SMILES string of the molecule is CC(C)[C@@H]1CC[C@@H](C)/C(=C/[O-])C1=O.[Na+]. The fourth-order valence-corrected chi connectivity index (χ4v) is 1.98. The van der Waals surface area contributed by atoms with Gasteiger partial charge in [-0.25, -0.2) is 0 Å². The molecule has 1 fully saturated rings. The number of ketones is 1. The van der Waals surface area contributed by atoms with E-state index in [-0.39, 0.29) is 47.2 Å². The second kappa shape index (κ2) is 5.94. The van der Waals surface area contributed by atoms with Gasteiger partial charge in [-0.2, -0.15) is 0 Å². The molecule has 0 aliphatic heterocycles. The molecule has 74 valence electrons. The van der Waals surface area contributed by atoms with Crippen molar-refractivity contribution in [2.75, 3.05) is 0 Å². The van der Waals surface area contributed by atoms with Crippen molar-refractivity contribution in [3.63, 3.8) is 0 Å². The van der Waals surface area contributed by atoms with E-state index >= 15 is 0 Å². The van der Waals surface area contributed by atoms with E-state index in [0.717, 1.165) is 19.1 Å². The van der Waals surface area contributed by atoms with Crippen molar-refractivity contribution in [3.8, 4) is 0 Å². The third kappa shape index (κ3) is 2.85. The largest absolute Gasteiger partial charge is 1.00 e. The monoisotopic (exact) mass is 204 g/mol. The standard InChI is InChI=1S/C11H18O2.Na/c1-7(2)9-5-4-8(3)10(6-12)11(9)13;/h6-9,12H,4-5H2,1-3H3;/q;+1/p-1/b10-6-;/t8-,9+;/m1./s1. The fraction of sp³-hybridized carbons (Fsp3) is 0.727. The number of Topliss-reactive ketones (excluding diaryl/α,β-unsaturated/α-hetero) is 1. The quantitative estimate of drug-likeness (QED) is 0.296. The summed E-state index contributed by atoms with van der Waals surface area (Å²) >= 11 is 0. The Morgan fingerprint density at radius 1 is 1.43 bits per heavy atom. The van der Waals surface area contributed by atoms with Crippen LogP contribution in [0.15, 0.2) is 11.8 Å². The van der Waals surface area contributed by atoms with Crippen molar-refractivity contribution in [1.82, 2.24) is 0 Å². The van der Waals surface area contributed by atoms with Crippen LogP contribution in [0.2, 0.25) is 0 Å². The molecule has 1 aliphatic carbocycles. The first-order chi connectivity index (χ1) is 6.07. The van der Waals surface area contributed by atoms with Crippen LogP contribution in [-0.4, -0.2) is 5.78 Å². The molecule has 0 saturated heterocycles. The van der Waals surface area contributed by atoms with Gasteiger partial charge in [-0.1, -0.05) is 20.8 Å². The molecule has 0 radical (unpaired) electrons. The molecule has 2 nitrogen and oxygen atoms in total. The zero-order chi connectivity index (χ0) is 10.0. The Hall–Kier alpha value is 0.210. The Morgan fingerprint density at radius 3 is 2.43 bits per heavy atom. The summed E-state index contributed by atoms with van der Waals surface area (Å²) in [5.41, 5.74) is 0.505. The molecule has 0 heterocycles. The minimum absolute atomic E-state index is 0. The van der Waals surface area contributed by atoms with E-state index in [2.05, 4.69) is 0 Å². The molecule has 3 heteroatoms. The molecule has 1 saturated carbocycles. The third-order valence-corrected chi connectivity index (χ3v) is 2.99. The molecule has 0 unspecified atom stereocenters. The number of hydrogen-bond donors (Lipinski definition) is 0. The third-order valence-electron chi connectivity index (χ3n) is 2.99. The van der Waals surface area contributed by atoms with Gasteiger partial charge in [-0.15, -0.1) is 6.26 Å². The van der Waals surface area contributed by atoms with Crippen LogP contribution in [0.1, 0.15) is 33.6 Å². The van der Waals surface area contributed by atoms with Crippen molar-refractivity contribution >= 4 is 5.78 Å². The van der Waals surface area contributed by atoms with Gasteiger partial charge in [0, 0.05) is 5.92 Å². The first kappa shape index (κ1) is 14.2. The van der Waals surface area contributed by atoms with Crippen LogP contribution in [0, 0.1) is 17.8 Å². The second-order valence-electron chi connectivity index (χ2n) is 4.27. The maximum Gasteiger partial charge on any atom is 1.00 e. The van der Waals surface area contributed by atoms with Gasteiger partial charge in [0.1, 0.15) is 0 Å². The maximum atomic E-state index is 11.7. The molecule has 14 heavy (non-hydrogen) atoms. The number of allylic oxidation sites excluding steroid dienone is 1. The van der Waals surface area contributed by atoms with Crippen LogP contribution in [-0.2, 0) is 4.79 Å². The molecular formula is C11H17NaO2. The Balaban J connectivity index is 0.00000169. The molecule has 0 spiro atoms. The summed E-state index contributed by atoms with van der Waals surface area (Å²) in [6.45, 7) is 6.04. The van der Waals surface area contributed by atoms with E-state index in [1.54, 1.807) is 0 Å². The number of rotatable bonds is 1. The van der Waals surface area contributed by atoms with Gasteiger partial charge >= 0.3 is 29.6 Å². The topological polar surface area (TPSA) is 40.1 Å². The Morgan fingerprint density at radius 2 is 2.00 bits per heavy atom. The van der Waals surface area contributed by atoms with Crippen molar-refractivity contribution in [2.45, 2.75) is 33.6 Å². The summed E-state index contributed by atoms with van der Waals surface area (Å²) in [5, 5.41) is 10.7. The summed E-state index contributed by atoms with van der Waals surface area (Å²) < 4.78 is 0. The number of carbonyl (C=O) groups excluding carboxylic acids is 1. The predicted octanol–water partition coefficient (Wildman–Crippen LogP) is -1.49. The molecule has 0 N–H and O–H groups in total. The van der Waals surface area contributed by atoms with E-state index in [9.17, 15) is 9.90 Å². The van der Waals surface area contributed by atoms with Gasteiger partial charge < -0.3 is 5.11 Å². The van der Waals surface area contributed by atoms with Gasteiger partial charge in [-0.3, -0.25) is 4.79 Å². The van der Waals surface area contributed by atoms with Crippen molar-refractivity contribution in [3.05, 3.63) is 11.8 Å². The summed E-state index contributed by atoms with van der Waals surface area (Å²) in [4.78, 5) is 11.7. The predicted molar refractivity (Wildman–Crippen MR) is 49.8 cm³/mol. The smallest absolute Gasteiger partial charge is 0.878 e. The van der Waals surface area contributed by atoms with Crippen molar-refractivity contribution in [2.24, 2.45) is 17.8 Å². The van der Waals surface area contributed by atoms with E-state index in [1.807, 2.05) is 20.8 Å². The molecule has 0 bridgehead atoms. The average Bonchev–Trinajstić information content (AvgIpc) is 2.04. The Labute approximate surface area is 108 Å². The zero-order valence-electron chi connectivity index (χ0n) is 9.54.